The zero-order valence-corrected chi connectivity index (χ0v) is 19.6. The van der Waals surface area contributed by atoms with Gasteiger partial charge in [-0.05, 0) is 62.1 Å². The number of aromatic nitrogens is 1. The van der Waals surface area contributed by atoms with E-state index in [1.54, 1.807) is 11.8 Å². The number of hydrogen-bond donors (Lipinski definition) is 0. The molecule has 1 aliphatic rings. The average Bonchev–Trinajstić information content (AvgIpc) is 3.42. The second-order valence-electron chi connectivity index (χ2n) is 8.44. The first-order valence-electron chi connectivity index (χ1n) is 11.0. The van der Waals surface area contributed by atoms with Crippen LogP contribution in [0.15, 0.2) is 53.9 Å². The number of hydrogen-bond acceptors (Lipinski definition) is 5. The van der Waals surface area contributed by atoms with Gasteiger partial charge in [-0.3, -0.25) is 14.6 Å². The zero-order valence-electron chi connectivity index (χ0n) is 18.8. The molecule has 1 saturated heterocycles. The van der Waals surface area contributed by atoms with Crippen molar-refractivity contribution in [3.63, 3.8) is 0 Å². The maximum atomic E-state index is 12.5. The molecule has 5 nitrogen and oxygen atoms in total. The Kier molecular flexibility index (Phi) is 6.69. The molecular weight excluding hydrogens is 416 g/mol. The van der Waals surface area contributed by atoms with E-state index in [0.717, 1.165) is 41.9 Å². The molecule has 2 aromatic carbocycles. The van der Waals surface area contributed by atoms with Crippen LogP contribution in [0.25, 0.3) is 0 Å². The molecule has 1 amide bonds. The summed E-state index contributed by atoms with van der Waals surface area (Å²) in [6, 6.07) is 18.8. The molecule has 0 radical (unpaired) electrons. The lowest BCUT2D eigenvalue weighted by Gasteiger charge is -2.27. The molecule has 6 heteroatoms. The molecule has 0 aliphatic carbocycles. The van der Waals surface area contributed by atoms with Crippen LogP contribution in [-0.2, 0) is 11.3 Å². The summed E-state index contributed by atoms with van der Waals surface area (Å²) in [4.78, 5) is 21.3. The maximum absolute atomic E-state index is 12.5. The zero-order chi connectivity index (χ0) is 22.7. The van der Waals surface area contributed by atoms with Gasteiger partial charge in [-0.2, -0.15) is 5.26 Å². The molecule has 4 rings (SSSR count). The van der Waals surface area contributed by atoms with E-state index in [2.05, 4.69) is 24.8 Å². The van der Waals surface area contributed by atoms with E-state index in [-0.39, 0.29) is 17.9 Å². The summed E-state index contributed by atoms with van der Waals surface area (Å²) >= 11 is 1.49. The van der Waals surface area contributed by atoms with Gasteiger partial charge in [0.15, 0.2) is 5.13 Å². The van der Waals surface area contributed by atoms with E-state index in [1.165, 1.54) is 16.9 Å². The lowest BCUT2D eigenvalue weighted by molar-refractivity contribution is -0.115. The normalized spacial score (nSPS) is 17.1. The molecule has 32 heavy (non-hydrogen) atoms. The van der Waals surface area contributed by atoms with Crippen molar-refractivity contribution in [1.29, 1.82) is 5.26 Å². The third kappa shape index (κ3) is 4.59. The molecular formula is C26H28N4OS. The number of anilines is 2. The van der Waals surface area contributed by atoms with E-state index in [9.17, 15) is 10.1 Å². The van der Waals surface area contributed by atoms with Crippen LogP contribution in [0.4, 0.5) is 10.8 Å². The minimum absolute atomic E-state index is 0.0539. The van der Waals surface area contributed by atoms with Crippen LogP contribution < -0.4 is 4.90 Å². The van der Waals surface area contributed by atoms with Crippen molar-refractivity contribution in [3.05, 3.63) is 76.3 Å². The van der Waals surface area contributed by atoms with Crippen molar-refractivity contribution < 1.29 is 4.79 Å². The van der Waals surface area contributed by atoms with Gasteiger partial charge in [-0.15, -0.1) is 11.3 Å². The Balaban J connectivity index is 1.54. The summed E-state index contributed by atoms with van der Waals surface area (Å²) in [5, 5.41) is 12.6. The lowest BCUT2D eigenvalue weighted by Crippen LogP contribution is -2.33. The smallest absolute Gasteiger partial charge is 0.230 e. The van der Waals surface area contributed by atoms with E-state index < -0.39 is 0 Å². The monoisotopic (exact) mass is 444 g/mol. The Bertz CT molecular complexity index is 1130. The summed E-state index contributed by atoms with van der Waals surface area (Å²) < 4.78 is 0. The van der Waals surface area contributed by atoms with Crippen molar-refractivity contribution in [2.75, 3.05) is 11.4 Å². The Morgan fingerprint density at radius 2 is 2.03 bits per heavy atom. The van der Waals surface area contributed by atoms with Crippen LogP contribution in [0.1, 0.15) is 48.1 Å². The number of carbonyl (C=O) groups is 1. The molecule has 0 bridgehead atoms. The Labute approximate surface area is 193 Å². The van der Waals surface area contributed by atoms with Gasteiger partial charge in [-0.25, -0.2) is 4.98 Å². The number of nitriles is 1. The van der Waals surface area contributed by atoms with Crippen LogP contribution in [0.3, 0.4) is 0 Å². The third-order valence-corrected chi connectivity index (χ3v) is 7.13. The second-order valence-corrected chi connectivity index (χ2v) is 9.28. The van der Waals surface area contributed by atoms with E-state index in [0.29, 0.717) is 11.7 Å². The lowest BCUT2D eigenvalue weighted by atomic mass is 9.91. The highest BCUT2D eigenvalue weighted by atomic mass is 32.1. The number of thiazole rings is 1. The highest BCUT2D eigenvalue weighted by Crippen LogP contribution is 2.34. The summed E-state index contributed by atoms with van der Waals surface area (Å²) in [6.45, 7) is 7.33. The van der Waals surface area contributed by atoms with Crippen LogP contribution in [0.5, 0.6) is 0 Å². The molecule has 1 aliphatic heterocycles. The highest BCUT2D eigenvalue weighted by molar-refractivity contribution is 7.14. The van der Waals surface area contributed by atoms with Crippen molar-refractivity contribution in [2.45, 2.75) is 52.1 Å². The summed E-state index contributed by atoms with van der Waals surface area (Å²) in [5.41, 5.74) is 5.20. The fourth-order valence-corrected chi connectivity index (χ4v) is 5.32. The van der Waals surface area contributed by atoms with Crippen molar-refractivity contribution in [1.82, 2.24) is 9.88 Å². The van der Waals surface area contributed by atoms with Gasteiger partial charge in [-0.1, -0.05) is 36.4 Å². The van der Waals surface area contributed by atoms with E-state index in [4.69, 9.17) is 4.98 Å². The number of aryl methyl sites for hydroxylation is 2. The standard InChI is InChI=1S/C26H28N4OS/c1-18-11-12-23(14-19(18)2)30(20(3)31)26-28-22(17-32-26)16-29-13-7-10-25(29)24(15-27)21-8-5-4-6-9-21/h4-6,8-9,11-12,14,17,24-25H,7,10,13,16H2,1-3H3/t24-,25-/m1/s1. The number of likely N-dealkylation sites (tertiary alicyclic amines) is 1. The largest absolute Gasteiger partial charge is 0.293 e. The number of amides is 1. The van der Waals surface area contributed by atoms with Crippen LogP contribution in [0, 0.1) is 25.2 Å². The first kappa shape index (κ1) is 22.2. The summed E-state index contributed by atoms with van der Waals surface area (Å²) in [6.07, 6.45) is 2.08. The van der Waals surface area contributed by atoms with Gasteiger partial charge in [0.05, 0.1) is 23.4 Å². The summed E-state index contributed by atoms with van der Waals surface area (Å²) in [7, 11) is 0. The maximum Gasteiger partial charge on any atom is 0.230 e. The SMILES string of the molecule is CC(=O)N(c1ccc(C)c(C)c1)c1nc(CN2CCC[C@@H]2[C@H](C#N)c2ccccc2)cs1. The van der Waals surface area contributed by atoms with Gasteiger partial charge in [0.1, 0.15) is 0 Å². The quantitative estimate of drug-likeness (QED) is 0.488. The van der Waals surface area contributed by atoms with Crippen LogP contribution >= 0.6 is 11.3 Å². The average molecular weight is 445 g/mol. The first-order chi connectivity index (χ1) is 15.5. The van der Waals surface area contributed by atoms with E-state index in [1.807, 2.05) is 53.9 Å². The van der Waals surface area contributed by atoms with Crippen LogP contribution in [-0.4, -0.2) is 28.4 Å². The molecule has 3 aromatic rings. The Morgan fingerprint density at radius 1 is 1.25 bits per heavy atom. The molecule has 2 atom stereocenters. The molecule has 0 spiro atoms. The number of nitrogens with zero attached hydrogens (tertiary/aromatic N) is 4. The second kappa shape index (κ2) is 9.64. The predicted octanol–water partition coefficient (Wildman–Crippen LogP) is 5.72. The molecule has 164 valence electrons. The van der Waals surface area contributed by atoms with Crippen molar-refractivity contribution in [2.24, 2.45) is 0 Å². The van der Waals surface area contributed by atoms with Gasteiger partial charge in [0.2, 0.25) is 5.91 Å². The highest BCUT2D eigenvalue weighted by Gasteiger charge is 2.33. The molecule has 0 unspecified atom stereocenters. The Morgan fingerprint density at radius 3 is 2.72 bits per heavy atom. The minimum atomic E-state index is -0.152. The molecule has 1 fully saturated rings. The van der Waals surface area contributed by atoms with Crippen LogP contribution in [0.2, 0.25) is 0 Å². The molecule has 2 heterocycles. The summed E-state index contributed by atoms with van der Waals surface area (Å²) in [5.74, 6) is -0.206. The minimum Gasteiger partial charge on any atom is -0.293 e. The van der Waals surface area contributed by atoms with Crippen molar-refractivity contribution in [3.8, 4) is 6.07 Å². The van der Waals surface area contributed by atoms with Gasteiger partial charge in [0, 0.05) is 24.9 Å². The molecule has 0 saturated carbocycles. The van der Waals surface area contributed by atoms with Crippen molar-refractivity contribution >= 4 is 28.1 Å². The van der Waals surface area contributed by atoms with E-state index >= 15 is 0 Å². The predicted molar refractivity (Wildman–Crippen MR) is 129 cm³/mol. The number of rotatable bonds is 6. The third-order valence-electron chi connectivity index (χ3n) is 6.26. The topological polar surface area (TPSA) is 60.2 Å². The molecule has 0 N–H and O–H groups in total. The molecule has 1 aromatic heterocycles. The number of benzene rings is 2. The first-order valence-corrected chi connectivity index (χ1v) is 11.9. The van der Waals surface area contributed by atoms with Gasteiger partial charge < -0.3 is 0 Å². The van der Waals surface area contributed by atoms with Gasteiger partial charge in [0.25, 0.3) is 0 Å². The number of carbonyl (C=O) groups excluding carboxylic acids is 1. The van der Waals surface area contributed by atoms with Gasteiger partial charge >= 0.3 is 0 Å². The Hall–Kier alpha value is -3.01. The fourth-order valence-electron chi connectivity index (χ4n) is 4.44. The fraction of sp³-hybridized carbons (Fsp3) is 0.346.